The van der Waals surface area contributed by atoms with E-state index in [9.17, 15) is 10.1 Å². The van der Waals surface area contributed by atoms with Gasteiger partial charge >= 0.3 is 6.01 Å². The summed E-state index contributed by atoms with van der Waals surface area (Å²) in [5, 5.41) is 12.6. The van der Waals surface area contributed by atoms with Gasteiger partial charge in [0.25, 0.3) is 0 Å². The van der Waals surface area contributed by atoms with Crippen LogP contribution in [0, 0.1) is 11.3 Å². The zero-order valence-corrected chi connectivity index (χ0v) is 26.3. The van der Waals surface area contributed by atoms with Crippen LogP contribution in [0.1, 0.15) is 37.4 Å². The molecule has 228 valence electrons. The van der Waals surface area contributed by atoms with Crippen LogP contribution in [0.15, 0.2) is 49.1 Å². The maximum Gasteiger partial charge on any atom is 0.318 e. The Labute approximate surface area is 266 Å². The molecule has 0 N–H and O–H groups in total. The largest absolute Gasteiger partial charge is 0.462 e. The number of nitriles is 1. The average molecular weight is 631 g/mol. The first-order chi connectivity index (χ1) is 21.4. The van der Waals surface area contributed by atoms with Crippen LogP contribution < -0.4 is 14.5 Å². The third kappa shape index (κ3) is 5.69. The van der Waals surface area contributed by atoms with Crippen LogP contribution in [0.4, 0.5) is 11.5 Å². The molecule has 9 nitrogen and oxygen atoms in total. The second-order valence-electron chi connectivity index (χ2n) is 12.0. The number of carbonyl (C=O) groups excluding carboxylic acids is 1. The Kier molecular flexibility index (Phi) is 7.81. The Morgan fingerprint density at radius 3 is 2.80 bits per heavy atom. The highest BCUT2D eigenvalue weighted by Crippen LogP contribution is 2.56. The minimum Gasteiger partial charge on any atom is -0.462 e. The van der Waals surface area contributed by atoms with Crippen molar-refractivity contribution < 1.29 is 14.3 Å². The van der Waals surface area contributed by atoms with Crippen molar-refractivity contribution in [3.8, 4) is 12.1 Å². The fraction of sp³-hybridized carbons (Fsp3) is 0.455. The topological polar surface area (TPSA) is 94.8 Å². The number of hydrogen-bond acceptors (Lipinski definition) is 9. The van der Waals surface area contributed by atoms with Crippen molar-refractivity contribution in [3.05, 3.63) is 65.3 Å². The van der Waals surface area contributed by atoms with Gasteiger partial charge in [0.1, 0.15) is 17.4 Å². The van der Waals surface area contributed by atoms with Crippen LogP contribution in [-0.2, 0) is 22.5 Å². The predicted octanol–water partition coefficient (Wildman–Crippen LogP) is 5.35. The molecule has 7 rings (SSSR count). The summed E-state index contributed by atoms with van der Waals surface area (Å²) in [6.07, 6.45) is 4.96. The van der Waals surface area contributed by atoms with E-state index in [-0.39, 0.29) is 28.6 Å². The monoisotopic (exact) mass is 630 g/mol. The van der Waals surface area contributed by atoms with Gasteiger partial charge in [-0.25, -0.2) is 0 Å². The van der Waals surface area contributed by atoms with Crippen molar-refractivity contribution >= 4 is 51.5 Å². The molecule has 2 saturated heterocycles. The first-order valence-electron chi connectivity index (χ1n) is 15.2. The van der Waals surface area contributed by atoms with E-state index in [1.165, 1.54) is 6.08 Å². The van der Waals surface area contributed by atoms with Gasteiger partial charge in [0.15, 0.2) is 0 Å². The lowest BCUT2D eigenvalue weighted by atomic mass is 10.0. The van der Waals surface area contributed by atoms with E-state index in [4.69, 9.17) is 31.0 Å². The molecule has 11 heteroatoms. The van der Waals surface area contributed by atoms with Crippen molar-refractivity contribution in [2.45, 2.75) is 61.5 Å². The second-order valence-corrected chi connectivity index (χ2v) is 14.0. The molecule has 1 saturated carbocycles. The van der Waals surface area contributed by atoms with Gasteiger partial charge in [-0.1, -0.05) is 42.4 Å². The maximum atomic E-state index is 12.6. The zero-order valence-electron chi connectivity index (χ0n) is 24.7. The number of rotatable bonds is 9. The van der Waals surface area contributed by atoms with Crippen LogP contribution >= 0.6 is 23.4 Å². The van der Waals surface area contributed by atoms with Crippen LogP contribution in [-0.4, -0.2) is 75.9 Å². The molecule has 1 unspecified atom stereocenters. The Morgan fingerprint density at radius 2 is 2.02 bits per heavy atom. The van der Waals surface area contributed by atoms with Gasteiger partial charge in [-0.2, -0.15) is 15.2 Å². The van der Waals surface area contributed by atoms with Crippen molar-refractivity contribution in [3.63, 3.8) is 0 Å². The van der Waals surface area contributed by atoms with E-state index in [0.29, 0.717) is 44.9 Å². The smallest absolute Gasteiger partial charge is 0.318 e. The minimum atomic E-state index is -0.254. The molecular formula is C33H35ClN6O3S. The lowest BCUT2D eigenvalue weighted by Gasteiger charge is -2.42. The number of hydrogen-bond donors (Lipinski definition) is 0. The molecule has 0 radical (unpaired) electrons. The van der Waals surface area contributed by atoms with Crippen LogP contribution in [0.3, 0.4) is 0 Å². The van der Waals surface area contributed by atoms with E-state index >= 15 is 0 Å². The summed E-state index contributed by atoms with van der Waals surface area (Å²) >= 11 is 8.49. The van der Waals surface area contributed by atoms with E-state index in [1.54, 1.807) is 16.7 Å². The van der Waals surface area contributed by atoms with Gasteiger partial charge in [-0.3, -0.25) is 4.79 Å². The molecule has 3 atom stereocenters. The average Bonchev–Trinajstić information content (AvgIpc) is 3.97. The molecule has 0 spiro atoms. The highest BCUT2D eigenvalue weighted by atomic mass is 35.5. The molecule has 3 fully saturated rings. The molecule has 4 heterocycles. The van der Waals surface area contributed by atoms with Crippen molar-refractivity contribution in [2.24, 2.45) is 0 Å². The van der Waals surface area contributed by atoms with E-state index in [0.717, 1.165) is 64.4 Å². The summed E-state index contributed by atoms with van der Waals surface area (Å²) in [6.45, 7) is 9.21. The lowest BCUT2D eigenvalue weighted by Crippen LogP contribution is -2.55. The molecule has 1 aromatic heterocycles. The predicted molar refractivity (Wildman–Crippen MR) is 173 cm³/mol. The zero-order chi connectivity index (χ0) is 30.4. The number of fused-ring (bicyclic) bond motifs is 2. The van der Waals surface area contributed by atoms with E-state index in [2.05, 4.69) is 53.6 Å². The molecule has 44 heavy (non-hydrogen) atoms. The lowest BCUT2D eigenvalue weighted by molar-refractivity contribution is -0.128. The first kappa shape index (κ1) is 29.2. The van der Waals surface area contributed by atoms with E-state index < -0.39 is 0 Å². The van der Waals surface area contributed by atoms with E-state index in [1.807, 2.05) is 12.1 Å². The molecule has 4 aliphatic rings. The summed E-state index contributed by atoms with van der Waals surface area (Å²) in [7, 11) is 0. The van der Waals surface area contributed by atoms with Gasteiger partial charge in [0.05, 0.1) is 47.1 Å². The molecule has 3 aromatic rings. The fourth-order valence-corrected chi connectivity index (χ4v) is 7.63. The number of ether oxygens (including phenoxy) is 2. The van der Waals surface area contributed by atoms with Crippen LogP contribution in [0.2, 0.25) is 5.02 Å². The number of amides is 1. The molecule has 2 aromatic carbocycles. The van der Waals surface area contributed by atoms with Crippen molar-refractivity contribution in [1.29, 1.82) is 5.26 Å². The number of anilines is 2. The summed E-state index contributed by atoms with van der Waals surface area (Å²) < 4.78 is 12.5. The van der Waals surface area contributed by atoms with Crippen molar-refractivity contribution in [1.82, 2.24) is 14.9 Å². The third-order valence-corrected chi connectivity index (χ3v) is 10.7. The normalized spacial score (nSPS) is 24.5. The number of aromatic nitrogens is 2. The van der Waals surface area contributed by atoms with Gasteiger partial charge in [-0.15, -0.1) is 11.8 Å². The Morgan fingerprint density at radius 1 is 1.20 bits per heavy atom. The number of halogens is 1. The summed E-state index contributed by atoms with van der Waals surface area (Å²) in [5.74, 6) is 0.677. The van der Waals surface area contributed by atoms with Crippen LogP contribution in [0.25, 0.3) is 10.8 Å². The Bertz CT molecular complexity index is 1660. The summed E-state index contributed by atoms with van der Waals surface area (Å²) in [5.41, 5.74) is 3.08. The molecule has 3 aliphatic heterocycles. The van der Waals surface area contributed by atoms with Crippen molar-refractivity contribution in [2.75, 3.05) is 42.6 Å². The fourth-order valence-electron chi connectivity index (χ4n) is 6.40. The second kappa shape index (κ2) is 11.8. The number of piperazine rings is 1. The van der Waals surface area contributed by atoms with Crippen LogP contribution in [0.5, 0.6) is 6.01 Å². The third-order valence-electron chi connectivity index (χ3n) is 8.95. The van der Waals surface area contributed by atoms with Gasteiger partial charge in [0, 0.05) is 42.8 Å². The minimum absolute atomic E-state index is 0.151. The summed E-state index contributed by atoms with van der Waals surface area (Å²) in [6, 6.07) is 14.6. The standard InChI is InChI=1S/C33H35ClN6O3S/c1-3-29(41)40-17-16-39(18-22(40)12-14-35)31-24-13-15-38(27-9-5-7-21-6-4-8-25(34)30(21)27)19-26(24)36-32(37-31)42-20-28-33(2,44-28)43-23-10-11-23/h3-9,22-23,28H,1,10-13,15-20H2,2H3/t22-,28?,33-/m0/s1. The molecular weight excluding hydrogens is 596 g/mol. The highest BCUT2D eigenvalue weighted by molar-refractivity contribution is 8.08. The number of thioether (sulfide) groups is 1. The highest BCUT2D eigenvalue weighted by Gasteiger charge is 2.56. The van der Waals surface area contributed by atoms with Gasteiger partial charge in [0.2, 0.25) is 5.91 Å². The number of nitrogens with zero attached hydrogens (tertiary/aromatic N) is 6. The number of carbonyl (C=O) groups is 1. The molecule has 1 aliphatic carbocycles. The Hall–Kier alpha value is -3.52. The van der Waals surface area contributed by atoms with Gasteiger partial charge in [-0.05, 0) is 49.8 Å². The number of benzene rings is 2. The SMILES string of the molecule is C=CC(=O)N1CCN(c2nc(OCC3S[C@]3(C)OC3CC3)nc3c2CCN(c2cccc4cccc(Cl)c24)C3)C[C@@H]1CC#N. The quantitative estimate of drug-likeness (QED) is 0.229. The summed E-state index contributed by atoms with van der Waals surface area (Å²) in [4.78, 5) is 28.6. The van der Waals surface area contributed by atoms with Gasteiger partial charge < -0.3 is 24.2 Å². The molecule has 0 bridgehead atoms. The Balaban J connectivity index is 1.19. The molecule has 1 amide bonds. The maximum absolute atomic E-state index is 12.6. The first-order valence-corrected chi connectivity index (χ1v) is 16.5.